The molecule has 0 spiro atoms. The van der Waals surface area contributed by atoms with Gasteiger partial charge in [0.15, 0.2) is 0 Å². The molecular formula is C26H36Br2O2Si. The standard InChI is InChI=1S/C26H36Br2O2Si/c1-26(2,3)31(4,5)30-25-21(28)15-17-11-7-9-13-19(17)23(25)22-18-12-8-6-10-16(18)14-20(27)24(22)29/h14,21,29H,6-13,15H2,1-5H3. The average molecular weight is 568 g/mol. The van der Waals surface area contributed by atoms with Crippen LogP contribution in [0.25, 0.3) is 5.57 Å². The number of allylic oxidation sites excluding steroid dienone is 4. The largest absolute Gasteiger partial charge is 0.545 e. The molecule has 0 aliphatic heterocycles. The normalized spacial score (nSPS) is 22.4. The van der Waals surface area contributed by atoms with Gasteiger partial charge in [-0.25, -0.2) is 0 Å². The maximum absolute atomic E-state index is 11.4. The number of rotatable bonds is 3. The van der Waals surface area contributed by atoms with Gasteiger partial charge in [-0.2, -0.15) is 0 Å². The van der Waals surface area contributed by atoms with Gasteiger partial charge >= 0.3 is 0 Å². The first-order valence-corrected chi connectivity index (χ1v) is 16.4. The molecule has 0 fully saturated rings. The quantitative estimate of drug-likeness (QED) is 0.292. The maximum atomic E-state index is 11.4. The van der Waals surface area contributed by atoms with Crippen molar-refractivity contribution in [2.45, 2.75) is 102 Å². The minimum absolute atomic E-state index is 0.123. The van der Waals surface area contributed by atoms with Crippen molar-refractivity contribution in [1.29, 1.82) is 0 Å². The SMILES string of the molecule is CC(C)(C)[Si](C)(C)OC1=C(c2c(O)c(Br)cc3c2CCCC3)C2=C(CCCC2)CC1Br. The molecule has 3 aliphatic rings. The summed E-state index contributed by atoms with van der Waals surface area (Å²) >= 11 is 7.70. The molecule has 1 aromatic rings. The van der Waals surface area contributed by atoms with Gasteiger partial charge in [-0.3, -0.25) is 0 Å². The molecule has 0 radical (unpaired) electrons. The second-order valence-electron chi connectivity index (χ2n) is 11.0. The Kier molecular flexibility index (Phi) is 6.62. The lowest BCUT2D eigenvalue weighted by Crippen LogP contribution is -2.42. The molecule has 1 aromatic carbocycles. The van der Waals surface area contributed by atoms with Crippen molar-refractivity contribution in [3.8, 4) is 5.75 Å². The Hall–Kier alpha value is -0.523. The van der Waals surface area contributed by atoms with Crippen molar-refractivity contribution < 1.29 is 9.53 Å². The Labute approximate surface area is 205 Å². The van der Waals surface area contributed by atoms with Gasteiger partial charge in [0.25, 0.3) is 0 Å². The van der Waals surface area contributed by atoms with Crippen molar-refractivity contribution in [2.24, 2.45) is 0 Å². The summed E-state index contributed by atoms with van der Waals surface area (Å²) in [4.78, 5) is 0.172. The Morgan fingerprint density at radius 2 is 1.68 bits per heavy atom. The molecule has 0 bridgehead atoms. The number of phenols is 1. The van der Waals surface area contributed by atoms with Crippen molar-refractivity contribution in [1.82, 2.24) is 0 Å². The summed E-state index contributed by atoms with van der Waals surface area (Å²) in [6, 6.07) is 2.15. The van der Waals surface area contributed by atoms with E-state index in [1.54, 1.807) is 5.57 Å². The smallest absolute Gasteiger partial charge is 0.250 e. The molecule has 4 rings (SSSR count). The zero-order valence-electron chi connectivity index (χ0n) is 19.6. The van der Waals surface area contributed by atoms with E-state index in [1.165, 1.54) is 54.4 Å². The van der Waals surface area contributed by atoms with E-state index in [4.69, 9.17) is 4.43 Å². The molecular weight excluding hydrogens is 532 g/mol. The highest BCUT2D eigenvalue weighted by molar-refractivity contribution is 9.10. The Balaban J connectivity index is 2.00. The van der Waals surface area contributed by atoms with Crippen molar-refractivity contribution in [3.63, 3.8) is 0 Å². The summed E-state index contributed by atoms with van der Waals surface area (Å²) in [6.45, 7) is 11.6. The summed E-state index contributed by atoms with van der Waals surface area (Å²) in [5.74, 6) is 1.47. The number of aromatic hydroxyl groups is 1. The van der Waals surface area contributed by atoms with Crippen LogP contribution in [0.5, 0.6) is 5.75 Å². The number of alkyl halides is 1. The van der Waals surface area contributed by atoms with Crippen LogP contribution >= 0.6 is 31.9 Å². The highest BCUT2D eigenvalue weighted by Gasteiger charge is 2.43. The monoisotopic (exact) mass is 566 g/mol. The molecule has 0 aromatic heterocycles. The Morgan fingerprint density at radius 1 is 1.03 bits per heavy atom. The van der Waals surface area contributed by atoms with Crippen LogP contribution in [0.3, 0.4) is 0 Å². The molecule has 0 saturated carbocycles. The van der Waals surface area contributed by atoms with Gasteiger partial charge in [0.1, 0.15) is 11.5 Å². The highest BCUT2D eigenvalue weighted by Crippen LogP contribution is 2.52. The third-order valence-corrected chi connectivity index (χ3v) is 13.5. The van der Waals surface area contributed by atoms with Crippen LogP contribution in [-0.2, 0) is 17.3 Å². The van der Waals surface area contributed by atoms with E-state index < -0.39 is 8.32 Å². The molecule has 170 valence electrons. The Morgan fingerprint density at radius 3 is 2.39 bits per heavy atom. The average Bonchev–Trinajstić information content (AvgIpc) is 2.69. The zero-order valence-corrected chi connectivity index (χ0v) is 23.8. The van der Waals surface area contributed by atoms with Crippen LogP contribution in [0.15, 0.2) is 27.4 Å². The van der Waals surface area contributed by atoms with Gasteiger partial charge in [-0.1, -0.05) is 42.3 Å². The number of hydrogen-bond acceptors (Lipinski definition) is 2. The Bertz CT molecular complexity index is 953. The predicted molar refractivity (Wildman–Crippen MR) is 140 cm³/mol. The minimum Gasteiger partial charge on any atom is -0.545 e. The molecule has 3 aliphatic carbocycles. The van der Waals surface area contributed by atoms with Crippen LogP contribution in [0.4, 0.5) is 0 Å². The van der Waals surface area contributed by atoms with E-state index in [2.05, 4.69) is 71.8 Å². The molecule has 0 amide bonds. The molecule has 5 heteroatoms. The number of phenolic OH excluding ortho intramolecular Hbond substituents is 1. The van der Waals surface area contributed by atoms with Crippen molar-refractivity contribution in [2.75, 3.05) is 0 Å². The van der Waals surface area contributed by atoms with Gasteiger partial charge in [0.05, 0.1) is 9.30 Å². The molecule has 31 heavy (non-hydrogen) atoms. The lowest BCUT2D eigenvalue weighted by molar-refractivity contribution is 0.369. The van der Waals surface area contributed by atoms with E-state index in [0.29, 0.717) is 5.75 Å². The first-order valence-electron chi connectivity index (χ1n) is 11.8. The highest BCUT2D eigenvalue weighted by atomic mass is 79.9. The first-order chi connectivity index (χ1) is 14.5. The number of aryl methyl sites for hydroxylation is 1. The number of fused-ring (bicyclic) bond motifs is 1. The topological polar surface area (TPSA) is 29.5 Å². The third-order valence-electron chi connectivity index (χ3n) is 7.84. The third kappa shape index (κ3) is 4.36. The molecule has 2 nitrogen and oxygen atoms in total. The van der Waals surface area contributed by atoms with Gasteiger partial charge in [-0.15, -0.1) is 0 Å². The van der Waals surface area contributed by atoms with E-state index >= 15 is 0 Å². The maximum Gasteiger partial charge on any atom is 0.250 e. The molecule has 1 N–H and O–H groups in total. The van der Waals surface area contributed by atoms with Gasteiger partial charge in [0.2, 0.25) is 8.32 Å². The van der Waals surface area contributed by atoms with Gasteiger partial charge in [0, 0.05) is 11.1 Å². The molecule has 1 unspecified atom stereocenters. The number of benzene rings is 1. The van der Waals surface area contributed by atoms with Crippen LogP contribution in [-0.4, -0.2) is 18.3 Å². The van der Waals surface area contributed by atoms with E-state index in [9.17, 15) is 5.11 Å². The van der Waals surface area contributed by atoms with Crippen LogP contribution in [0.1, 0.15) is 82.4 Å². The second-order valence-corrected chi connectivity index (χ2v) is 17.7. The first kappa shape index (κ1) is 23.6. The van der Waals surface area contributed by atoms with E-state index in [1.807, 2.05) is 0 Å². The molecule has 1 atom stereocenters. The van der Waals surface area contributed by atoms with Crippen LogP contribution in [0.2, 0.25) is 18.1 Å². The lowest BCUT2D eigenvalue weighted by atomic mass is 9.75. The van der Waals surface area contributed by atoms with Crippen molar-refractivity contribution in [3.05, 3.63) is 44.1 Å². The van der Waals surface area contributed by atoms with E-state index in [0.717, 1.165) is 41.5 Å². The van der Waals surface area contributed by atoms with Crippen molar-refractivity contribution >= 4 is 45.8 Å². The fraction of sp³-hybridized carbons (Fsp3) is 0.615. The second kappa shape index (κ2) is 8.68. The fourth-order valence-corrected chi connectivity index (χ4v) is 7.51. The van der Waals surface area contributed by atoms with E-state index in [-0.39, 0.29) is 9.87 Å². The summed E-state index contributed by atoms with van der Waals surface area (Å²) in [6.07, 6.45) is 10.3. The summed E-state index contributed by atoms with van der Waals surface area (Å²) < 4.78 is 7.89. The summed E-state index contributed by atoms with van der Waals surface area (Å²) in [7, 11) is -2.04. The van der Waals surface area contributed by atoms with Gasteiger partial charge < -0.3 is 9.53 Å². The predicted octanol–water partition coefficient (Wildman–Crippen LogP) is 8.80. The summed E-state index contributed by atoms with van der Waals surface area (Å²) in [5, 5.41) is 11.5. The van der Waals surface area contributed by atoms with Crippen LogP contribution in [0, 0.1) is 0 Å². The summed E-state index contributed by atoms with van der Waals surface area (Å²) in [5.41, 5.74) is 8.02. The number of hydrogen-bond donors (Lipinski definition) is 1. The lowest BCUT2D eigenvalue weighted by Gasteiger charge is -2.42. The molecule has 0 heterocycles. The van der Waals surface area contributed by atoms with Gasteiger partial charge in [-0.05, 0) is 115 Å². The fourth-order valence-electron chi connectivity index (χ4n) is 5.05. The molecule has 0 saturated heterocycles. The zero-order chi connectivity index (χ0) is 22.6. The number of halogens is 2. The van der Waals surface area contributed by atoms with Crippen LogP contribution < -0.4 is 0 Å². The minimum atomic E-state index is -2.04.